The van der Waals surface area contributed by atoms with Crippen LogP contribution in [0.15, 0.2) is 18.2 Å². The summed E-state index contributed by atoms with van der Waals surface area (Å²) in [5.74, 6) is -0.717. The first-order valence-electron chi connectivity index (χ1n) is 7.50. The molecule has 1 heterocycles. The molecule has 2 rings (SSSR count). The molecule has 1 fully saturated rings. The Morgan fingerprint density at radius 2 is 2.13 bits per heavy atom. The molecule has 1 aliphatic heterocycles. The van der Waals surface area contributed by atoms with E-state index >= 15 is 0 Å². The number of hydrogen-bond donors (Lipinski definition) is 2. The molecular formula is C16H23ClFN3O2. The minimum absolute atomic E-state index is 0. The smallest absolute Gasteiger partial charge is 0.257 e. The van der Waals surface area contributed by atoms with Gasteiger partial charge in [-0.25, -0.2) is 4.39 Å². The third kappa shape index (κ3) is 4.65. The Labute approximate surface area is 141 Å². The maximum atomic E-state index is 14.0. The summed E-state index contributed by atoms with van der Waals surface area (Å²) in [5, 5.41) is 2.56. The molecule has 2 unspecified atom stereocenters. The quantitative estimate of drug-likeness (QED) is 0.885. The van der Waals surface area contributed by atoms with Gasteiger partial charge in [-0.2, -0.15) is 0 Å². The third-order valence-corrected chi connectivity index (χ3v) is 4.03. The highest BCUT2D eigenvalue weighted by atomic mass is 35.5. The first kappa shape index (κ1) is 19.4. The van der Waals surface area contributed by atoms with Crippen LogP contribution in [0, 0.1) is 11.7 Å². The van der Waals surface area contributed by atoms with Gasteiger partial charge in [0.15, 0.2) is 0 Å². The second-order valence-electron chi connectivity index (χ2n) is 5.89. The highest BCUT2D eigenvalue weighted by Crippen LogP contribution is 2.25. The van der Waals surface area contributed by atoms with Crippen LogP contribution in [0.2, 0.25) is 0 Å². The Hall–Kier alpha value is -1.66. The van der Waals surface area contributed by atoms with Crippen molar-refractivity contribution in [3.8, 4) is 0 Å². The van der Waals surface area contributed by atoms with E-state index < -0.39 is 5.82 Å². The van der Waals surface area contributed by atoms with E-state index in [0.717, 1.165) is 12.8 Å². The number of piperidine rings is 1. The maximum Gasteiger partial charge on any atom is 0.257 e. The Bertz CT molecular complexity index is 582. The number of amides is 2. The number of rotatable bonds is 3. The van der Waals surface area contributed by atoms with E-state index in [9.17, 15) is 14.0 Å². The van der Waals surface area contributed by atoms with E-state index in [1.807, 2.05) is 0 Å². The zero-order valence-corrected chi connectivity index (χ0v) is 14.2. The van der Waals surface area contributed by atoms with Crippen LogP contribution in [-0.2, 0) is 4.79 Å². The van der Waals surface area contributed by atoms with Crippen molar-refractivity contribution in [2.45, 2.75) is 32.7 Å². The van der Waals surface area contributed by atoms with Gasteiger partial charge in [0.05, 0.1) is 5.56 Å². The molecule has 23 heavy (non-hydrogen) atoms. The van der Waals surface area contributed by atoms with E-state index in [-0.39, 0.29) is 35.8 Å². The number of halogens is 2. The highest BCUT2D eigenvalue weighted by Gasteiger charge is 2.30. The molecular weight excluding hydrogens is 321 g/mol. The highest BCUT2D eigenvalue weighted by molar-refractivity contribution is 5.97. The standard InChI is InChI=1S/C16H22FN3O2.ClH/c1-10-5-6-20(13(7-10)9-18)16(22)14-8-12(19-11(2)21)3-4-15(14)17;/h3-4,8,10,13H,5-7,9,18H2,1-2H3,(H,19,21);1H. The van der Waals surface area contributed by atoms with E-state index in [2.05, 4.69) is 12.2 Å². The lowest BCUT2D eigenvalue weighted by Crippen LogP contribution is -2.49. The average Bonchev–Trinajstić information content (AvgIpc) is 2.48. The van der Waals surface area contributed by atoms with Gasteiger partial charge in [-0.05, 0) is 37.0 Å². The number of nitrogens with two attached hydrogens (primary N) is 1. The zero-order valence-electron chi connectivity index (χ0n) is 13.3. The summed E-state index contributed by atoms with van der Waals surface area (Å²) >= 11 is 0. The summed E-state index contributed by atoms with van der Waals surface area (Å²) in [6, 6.07) is 3.94. The Morgan fingerprint density at radius 3 is 2.74 bits per heavy atom. The number of carbonyl (C=O) groups excluding carboxylic acids is 2. The van der Waals surface area contributed by atoms with Gasteiger partial charge in [0.2, 0.25) is 5.91 Å². The topological polar surface area (TPSA) is 75.4 Å². The molecule has 2 atom stereocenters. The molecule has 128 valence electrons. The third-order valence-electron chi connectivity index (χ3n) is 4.03. The first-order chi connectivity index (χ1) is 10.4. The summed E-state index contributed by atoms with van der Waals surface area (Å²) in [5.41, 5.74) is 6.14. The predicted molar refractivity (Wildman–Crippen MR) is 90.2 cm³/mol. The molecule has 0 radical (unpaired) electrons. The summed E-state index contributed by atoms with van der Waals surface area (Å²) in [6.45, 7) is 4.43. The normalized spacial score (nSPS) is 20.6. The molecule has 0 spiro atoms. The Morgan fingerprint density at radius 1 is 1.43 bits per heavy atom. The van der Waals surface area contributed by atoms with Crippen molar-refractivity contribution in [1.29, 1.82) is 0 Å². The van der Waals surface area contributed by atoms with Crippen LogP contribution >= 0.6 is 12.4 Å². The minimum Gasteiger partial charge on any atom is -0.334 e. The fraction of sp³-hybridized carbons (Fsp3) is 0.500. The van der Waals surface area contributed by atoms with Crippen molar-refractivity contribution in [3.63, 3.8) is 0 Å². The number of likely N-dealkylation sites (tertiary alicyclic amines) is 1. The van der Waals surface area contributed by atoms with Crippen LogP contribution < -0.4 is 11.1 Å². The van der Waals surface area contributed by atoms with Crippen molar-refractivity contribution in [1.82, 2.24) is 4.90 Å². The molecule has 2 amide bonds. The summed E-state index contributed by atoms with van der Waals surface area (Å²) < 4.78 is 14.0. The summed E-state index contributed by atoms with van der Waals surface area (Å²) in [6.07, 6.45) is 1.71. The van der Waals surface area contributed by atoms with Crippen LogP contribution in [0.4, 0.5) is 10.1 Å². The fourth-order valence-electron chi connectivity index (χ4n) is 2.87. The second-order valence-corrected chi connectivity index (χ2v) is 5.89. The summed E-state index contributed by atoms with van der Waals surface area (Å²) in [7, 11) is 0. The van der Waals surface area contributed by atoms with E-state index in [1.165, 1.54) is 25.1 Å². The van der Waals surface area contributed by atoms with Crippen LogP contribution in [-0.4, -0.2) is 35.8 Å². The van der Waals surface area contributed by atoms with E-state index in [4.69, 9.17) is 5.73 Å². The van der Waals surface area contributed by atoms with Crippen LogP contribution in [0.1, 0.15) is 37.0 Å². The van der Waals surface area contributed by atoms with Gasteiger partial charge in [0, 0.05) is 31.7 Å². The van der Waals surface area contributed by atoms with Gasteiger partial charge in [0.1, 0.15) is 5.82 Å². The lowest BCUT2D eigenvalue weighted by atomic mass is 9.92. The molecule has 5 nitrogen and oxygen atoms in total. The number of nitrogens with one attached hydrogen (secondary N) is 1. The first-order valence-corrected chi connectivity index (χ1v) is 7.50. The van der Waals surface area contributed by atoms with Gasteiger partial charge in [-0.3, -0.25) is 9.59 Å². The zero-order chi connectivity index (χ0) is 16.3. The molecule has 7 heteroatoms. The number of carbonyl (C=O) groups is 2. The molecule has 0 aromatic heterocycles. The fourth-order valence-corrected chi connectivity index (χ4v) is 2.87. The van der Waals surface area contributed by atoms with Crippen molar-refractivity contribution in [3.05, 3.63) is 29.6 Å². The van der Waals surface area contributed by atoms with Crippen molar-refractivity contribution < 1.29 is 14.0 Å². The van der Waals surface area contributed by atoms with Gasteiger partial charge >= 0.3 is 0 Å². The largest absolute Gasteiger partial charge is 0.334 e. The molecule has 1 aromatic rings. The molecule has 1 aliphatic rings. The molecule has 0 aliphatic carbocycles. The van der Waals surface area contributed by atoms with Gasteiger partial charge in [-0.1, -0.05) is 6.92 Å². The van der Waals surface area contributed by atoms with Crippen LogP contribution in [0.25, 0.3) is 0 Å². The molecule has 3 N–H and O–H groups in total. The lowest BCUT2D eigenvalue weighted by Gasteiger charge is -2.38. The van der Waals surface area contributed by atoms with Crippen molar-refractivity contribution in [2.75, 3.05) is 18.4 Å². The number of benzene rings is 1. The molecule has 1 aromatic carbocycles. The lowest BCUT2D eigenvalue weighted by molar-refractivity contribution is -0.114. The van der Waals surface area contributed by atoms with E-state index in [1.54, 1.807) is 4.90 Å². The van der Waals surface area contributed by atoms with Gasteiger partial charge < -0.3 is 16.0 Å². The van der Waals surface area contributed by atoms with Crippen LogP contribution in [0.3, 0.4) is 0 Å². The van der Waals surface area contributed by atoms with Gasteiger partial charge in [-0.15, -0.1) is 12.4 Å². The maximum absolute atomic E-state index is 14.0. The number of nitrogens with zero attached hydrogens (tertiary/aromatic N) is 1. The van der Waals surface area contributed by atoms with E-state index in [0.29, 0.717) is 24.7 Å². The minimum atomic E-state index is -0.589. The van der Waals surface area contributed by atoms with Crippen LogP contribution in [0.5, 0.6) is 0 Å². The monoisotopic (exact) mass is 343 g/mol. The number of hydrogen-bond acceptors (Lipinski definition) is 3. The average molecular weight is 344 g/mol. The molecule has 1 saturated heterocycles. The number of anilines is 1. The summed E-state index contributed by atoms with van der Waals surface area (Å²) in [4.78, 5) is 25.4. The Balaban J connectivity index is 0.00000264. The second kappa shape index (κ2) is 8.26. The van der Waals surface area contributed by atoms with Crippen molar-refractivity contribution in [2.24, 2.45) is 11.7 Å². The molecule has 0 saturated carbocycles. The Kier molecular flexibility index (Phi) is 6.97. The predicted octanol–water partition coefficient (Wildman–Crippen LogP) is 2.41. The van der Waals surface area contributed by atoms with Gasteiger partial charge in [0.25, 0.3) is 5.91 Å². The SMILES string of the molecule is CC(=O)Nc1ccc(F)c(C(=O)N2CCC(C)CC2CN)c1.Cl. The van der Waals surface area contributed by atoms with Crippen molar-refractivity contribution >= 4 is 29.9 Å². The molecule has 0 bridgehead atoms.